The Morgan fingerprint density at radius 2 is 2.12 bits per heavy atom. The molecule has 0 bridgehead atoms. The lowest BCUT2D eigenvalue weighted by molar-refractivity contribution is 0.102. The minimum atomic E-state index is -0.335. The number of rotatable bonds is 2. The summed E-state index contributed by atoms with van der Waals surface area (Å²) in [4.78, 5) is 23.2. The highest BCUT2D eigenvalue weighted by Gasteiger charge is 2.07. The fraction of sp³-hybridized carbons (Fsp3) is 0. The number of aromatic nitrogens is 3. The highest BCUT2D eigenvalue weighted by Crippen LogP contribution is 2.04. The average molecular weight is 215 g/mol. The van der Waals surface area contributed by atoms with Crippen LogP contribution in [0.15, 0.2) is 36.9 Å². The summed E-state index contributed by atoms with van der Waals surface area (Å²) in [6, 6.07) is 4.75. The van der Waals surface area contributed by atoms with Crippen molar-refractivity contribution < 1.29 is 4.79 Å². The molecule has 16 heavy (non-hydrogen) atoms. The number of carbonyl (C=O) groups excluding carboxylic acids is 1. The third-order valence-corrected chi connectivity index (χ3v) is 1.84. The molecule has 0 saturated heterocycles. The van der Waals surface area contributed by atoms with E-state index in [9.17, 15) is 4.79 Å². The maximum Gasteiger partial charge on any atom is 0.275 e. The van der Waals surface area contributed by atoms with Gasteiger partial charge in [-0.3, -0.25) is 4.79 Å². The van der Waals surface area contributed by atoms with Crippen LogP contribution in [0, 0.1) is 0 Å². The zero-order valence-corrected chi connectivity index (χ0v) is 8.29. The zero-order chi connectivity index (χ0) is 11.4. The molecule has 0 aromatic carbocycles. The fourth-order valence-electron chi connectivity index (χ4n) is 1.08. The lowest BCUT2D eigenvalue weighted by Gasteiger charge is -2.02. The number of nitrogens with two attached hydrogens (primary N) is 1. The Labute approximate surface area is 91.6 Å². The molecule has 2 aromatic rings. The average Bonchev–Trinajstić information content (AvgIpc) is 2.31. The maximum atomic E-state index is 11.7. The van der Waals surface area contributed by atoms with Crippen molar-refractivity contribution in [1.29, 1.82) is 0 Å². The predicted octanol–water partition coefficient (Wildman–Crippen LogP) is 0.706. The number of anilines is 2. The molecule has 0 radical (unpaired) electrons. The van der Waals surface area contributed by atoms with Crippen LogP contribution in [0.3, 0.4) is 0 Å². The Morgan fingerprint density at radius 1 is 1.25 bits per heavy atom. The Kier molecular flexibility index (Phi) is 2.73. The molecule has 0 unspecified atom stereocenters. The summed E-state index contributed by atoms with van der Waals surface area (Å²) in [5.74, 6) is 0.0947. The van der Waals surface area contributed by atoms with Gasteiger partial charge in [-0.1, -0.05) is 0 Å². The lowest BCUT2D eigenvalue weighted by atomic mass is 10.3. The second kappa shape index (κ2) is 4.35. The van der Waals surface area contributed by atoms with E-state index in [4.69, 9.17) is 5.73 Å². The molecule has 2 rings (SSSR count). The van der Waals surface area contributed by atoms with Crippen LogP contribution in [0.4, 0.5) is 11.5 Å². The number of carbonyl (C=O) groups is 1. The molecule has 0 atom stereocenters. The molecule has 1 amide bonds. The highest BCUT2D eigenvalue weighted by molar-refractivity contribution is 6.02. The van der Waals surface area contributed by atoms with Crippen LogP contribution in [-0.4, -0.2) is 20.9 Å². The van der Waals surface area contributed by atoms with Crippen LogP contribution in [0.25, 0.3) is 0 Å². The predicted molar refractivity (Wildman–Crippen MR) is 58.6 cm³/mol. The van der Waals surface area contributed by atoms with Gasteiger partial charge in [-0.2, -0.15) is 0 Å². The Morgan fingerprint density at radius 3 is 2.75 bits per heavy atom. The molecule has 2 heterocycles. The minimum Gasteiger partial charge on any atom is -0.397 e. The third kappa shape index (κ3) is 2.30. The van der Waals surface area contributed by atoms with Gasteiger partial charge in [0.05, 0.1) is 11.9 Å². The van der Waals surface area contributed by atoms with Crippen molar-refractivity contribution in [2.75, 3.05) is 11.1 Å². The second-order valence-electron chi connectivity index (χ2n) is 3.03. The number of nitrogen functional groups attached to an aromatic ring is 1. The van der Waals surface area contributed by atoms with Gasteiger partial charge in [0.1, 0.15) is 17.8 Å². The van der Waals surface area contributed by atoms with Gasteiger partial charge in [0.25, 0.3) is 5.91 Å². The van der Waals surface area contributed by atoms with Gasteiger partial charge < -0.3 is 11.1 Å². The largest absolute Gasteiger partial charge is 0.397 e. The van der Waals surface area contributed by atoms with Crippen LogP contribution < -0.4 is 11.1 Å². The van der Waals surface area contributed by atoms with Crippen LogP contribution in [0.1, 0.15) is 10.5 Å². The van der Waals surface area contributed by atoms with Gasteiger partial charge in [0, 0.05) is 6.20 Å². The molecular formula is C10H9N5O. The molecule has 2 aromatic heterocycles. The van der Waals surface area contributed by atoms with Crippen molar-refractivity contribution in [1.82, 2.24) is 15.0 Å². The van der Waals surface area contributed by atoms with Crippen LogP contribution >= 0.6 is 0 Å². The summed E-state index contributed by atoms with van der Waals surface area (Å²) >= 11 is 0. The standard InChI is InChI=1S/C10H9N5O/c11-7-1-2-8(13-5-7)10(16)15-9-3-4-12-6-14-9/h1-6H,11H2,(H,12,14,15,16). The van der Waals surface area contributed by atoms with Crippen molar-refractivity contribution in [2.24, 2.45) is 0 Å². The van der Waals surface area contributed by atoms with Crippen LogP contribution in [-0.2, 0) is 0 Å². The minimum absolute atomic E-state index is 0.285. The highest BCUT2D eigenvalue weighted by atomic mass is 16.1. The molecule has 6 nitrogen and oxygen atoms in total. The SMILES string of the molecule is Nc1ccc(C(=O)Nc2ccncn2)nc1. The third-order valence-electron chi connectivity index (χ3n) is 1.84. The summed E-state index contributed by atoms with van der Waals surface area (Å²) in [7, 11) is 0. The molecule has 80 valence electrons. The lowest BCUT2D eigenvalue weighted by Crippen LogP contribution is -2.14. The van der Waals surface area contributed by atoms with Gasteiger partial charge in [-0.05, 0) is 18.2 Å². The second-order valence-corrected chi connectivity index (χ2v) is 3.03. The first-order chi connectivity index (χ1) is 7.75. The first-order valence-corrected chi connectivity index (χ1v) is 4.54. The topological polar surface area (TPSA) is 93.8 Å². The number of pyridine rings is 1. The maximum absolute atomic E-state index is 11.7. The molecule has 0 aliphatic heterocycles. The summed E-state index contributed by atoms with van der Waals surface area (Å²) in [5, 5.41) is 2.58. The van der Waals surface area contributed by atoms with Crippen molar-refractivity contribution in [2.45, 2.75) is 0 Å². The van der Waals surface area contributed by atoms with Gasteiger partial charge in [0.15, 0.2) is 0 Å². The summed E-state index contributed by atoms with van der Waals surface area (Å²) in [6.07, 6.45) is 4.32. The van der Waals surface area contributed by atoms with Gasteiger partial charge in [0.2, 0.25) is 0 Å². The molecule has 0 fully saturated rings. The van der Waals surface area contributed by atoms with E-state index in [1.165, 1.54) is 12.5 Å². The van der Waals surface area contributed by atoms with E-state index in [2.05, 4.69) is 20.3 Å². The van der Waals surface area contributed by atoms with Crippen molar-refractivity contribution in [3.05, 3.63) is 42.6 Å². The molecular weight excluding hydrogens is 206 g/mol. The van der Waals surface area contributed by atoms with E-state index in [0.717, 1.165) is 0 Å². The molecule has 6 heteroatoms. The van der Waals surface area contributed by atoms with Crippen molar-refractivity contribution in [3.63, 3.8) is 0 Å². The van der Waals surface area contributed by atoms with E-state index >= 15 is 0 Å². The fourth-order valence-corrected chi connectivity index (χ4v) is 1.08. The van der Waals surface area contributed by atoms with Crippen molar-refractivity contribution in [3.8, 4) is 0 Å². The monoisotopic (exact) mass is 215 g/mol. The van der Waals surface area contributed by atoms with Gasteiger partial charge in [-0.25, -0.2) is 15.0 Å². The number of amides is 1. The molecule has 0 aliphatic rings. The van der Waals surface area contributed by atoms with E-state index in [1.807, 2.05) is 0 Å². The van der Waals surface area contributed by atoms with Crippen molar-refractivity contribution >= 4 is 17.4 Å². The normalized spacial score (nSPS) is 9.75. The molecule has 3 N–H and O–H groups in total. The van der Waals surface area contributed by atoms with E-state index in [0.29, 0.717) is 11.5 Å². The Hall–Kier alpha value is -2.50. The Balaban J connectivity index is 2.12. The van der Waals surface area contributed by atoms with Crippen LogP contribution in [0.2, 0.25) is 0 Å². The molecule has 0 spiro atoms. The van der Waals surface area contributed by atoms with E-state index in [1.54, 1.807) is 24.4 Å². The summed E-state index contributed by atoms with van der Waals surface area (Å²) in [5.41, 5.74) is 6.26. The Bertz CT molecular complexity index is 482. The van der Waals surface area contributed by atoms with Gasteiger partial charge >= 0.3 is 0 Å². The first kappa shape index (κ1) is 10.0. The molecule has 0 saturated carbocycles. The zero-order valence-electron chi connectivity index (χ0n) is 8.29. The van der Waals surface area contributed by atoms with Gasteiger partial charge in [-0.15, -0.1) is 0 Å². The molecule has 0 aliphatic carbocycles. The summed E-state index contributed by atoms with van der Waals surface area (Å²) < 4.78 is 0. The first-order valence-electron chi connectivity index (χ1n) is 4.54. The van der Waals surface area contributed by atoms with Crippen LogP contribution in [0.5, 0.6) is 0 Å². The number of hydrogen-bond acceptors (Lipinski definition) is 5. The van der Waals surface area contributed by atoms with E-state index < -0.39 is 0 Å². The smallest absolute Gasteiger partial charge is 0.275 e. The summed E-state index contributed by atoms with van der Waals surface area (Å²) in [6.45, 7) is 0. The van der Waals surface area contributed by atoms with E-state index in [-0.39, 0.29) is 11.6 Å². The quantitative estimate of drug-likeness (QED) is 0.769. The number of nitrogens with one attached hydrogen (secondary N) is 1. The number of nitrogens with zero attached hydrogens (tertiary/aromatic N) is 3. The number of hydrogen-bond donors (Lipinski definition) is 2.